The molecule has 3 heteroatoms. The van der Waals surface area contributed by atoms with Crippen LogP contribution in [-0.4, -0.2) is 30.6 Å². The summed E-state index contributed by atoms with van der Waals surface area (Å²) in [4.78, 5) is 4.27. The standard InChI is InChI=1S/C7H11N2.Sn.3H/c1-2-3-4-7-8-5-6-9-7;;;;/h5-6H,2-4H2,1H3;;;;/q-1;+1;;;. The van der Waals surface area contributed by atoms with E-state index in [4.69, 9.17) is 0 Å². The summed E-state index contributed by atoms with van der Waals surface area (Å²) >= 11 is 0.571. The van der Waals surface area contributed by atoms with Crippen LogP contribution < -0.4 is 0 Å². The van der Waals surface area contributed by atoms with Gasteiger partial charge in [0.05, 0.1) is 0 Å². The summed E-state index contributed by atoms with van der Waals surface area (Å²) in [5.74, 6) is 1.29. The Kier molecular flexibility index (Phi) is 3.25. The van der Waals surface area contributed by atoms with E-state index in [0.717, 1.165) is 6.42 Å². The molecule has 0 saturated heterocycles. The van der Waals surface area contributed by atoms with Crippen molar-refractivity contribution in [3.8, 4) is 0 Å². The van der Waals surface area contributed by atoms with Gasteiger partial charge in [-0.1, -0.05) is 0 Å². The molecule has 1 aromatic heterocycles. The predicted octanol–water partition coefficient (Wildman–Crippen LogP) is 0.354. The van der Waals surface area contributed by atoms with Crippen molar-refractivity contribution < 1.29 is 0 Å². The Morgan fingerprint density at radius 1 is 1.70 bits per heavy atom. The van der Waals surface area contributed by atoms with E-state index in [0.29, 0.717) is 22.8 Å². The van der Waals surface area contributed by atoms with Crippen molar-refractivity contribution in [2.45, 2.75) is 26.2 Å². The van der Waals surface area contributed by atoms with Gasteiger partial charge in [-0.2, -0.15) is 0 Å². The molecule has 1 aromatic rings. The molecule has 10 heavy (non-hydrogen) atoms. The molecular weight excluding hydrogens is 231 g/mol. The molecule has 0 fully saturated rings. The molecule has 0 spiro atoms. The first kappa shape index (κ1) is 8.11. The van der Waals surface area contributed by atoms with Crippen molar-refractivity contribution in [2.24, 2.45) is 0 Å². The topological polar surface area (TPSA) is 17.8 Å². The van der Waals surface area contributed by atoms with E-state index < -0.39 is 0 Å². The molecule has 0 radical (unpaired) electrons. The molecule has 1 rings (SSSR count). The average Bonchev–Trinajstić information content (AvgIpc) is 2.31. The summed E-state index contributed by atoms with van der Waals surface area (Å²) in [6.45, 7) is 2.21. The molecule has 56 valence electrons. The van der Waals surface area contributed by atoms with Gasteiger partial charge >= 0.3 is 75.0 Å². The SMILES string of the molecule is CCCCc1ncc[n]1[SnH3]. The normalized spacial score (nSPS) is 10.5. The quantitative estimate of drug-likeness (QED) is 0.702. The Balaban J connectivity index is 2.49. The van der Waals surface area contributed by atoms with Crippen LogP contribution in [0.3, 0.4) is 0 Å². The molecule has 1 heterocycles. The van der Waals surface area contributed by atoms with Gasteiger partial charge in [-0.05, 0) is 0 Å². The number of aryl methyl sites for hydroxylation is 1. The molecule has 0 saturated carbocycles. The number of rotatable bonds is 3. The maximum absolute atomic E-state index is 4.27. The molecule has 0 aromatic carbocycles. The molecule has 0 aliphatic rings. The number of unbranched alkanes of at least 4 members (excludes halogenated alkanes) is 1. The third kappa shape index (κ3) is 2.00. The van der Waals surface area contributed by atoms with Gasteiger partial charge in [0.25, 0.3) is 0 Å². The second kappa shape index (κ2) is 4.01. The van der Waals surface area contributed by atoms with Crippen LogP contribution in [0.1, 0.15) is 25.6 Å². The fourth-order valence-corrected chi connectivity index (χ4v) is 2.32. The average molecular weight is 245 g/mol. The molecule has 0 bridgehead atoms. The van der Waals surface area contributed by atoms with Gasteiger partial charge < -0.3 is 0 Å². The number of aromatic nitrogens is 2. The van der Waals surface area contributed by atoms with Crippen LogP contribution >= 0.6 is 0 Å². The number of hydrogen-bond donors (Lipinski definition) is 0. The molecule has 2 nitrogen and oxygen atoms in total. The fraction of sp³-hybridized carbons (Fsp3) is 0.571. The molecular formula is C7H14N2Sn. The van der Waals surface area contributed by atoms with E-state index >= 15 is 0 Å². The molecule has 0 aliphatic carbocycles. The summed E-state index contributed by atoms with van der Waals surface area (Å²) in [5.41, 5.74) is 0. The first-order valence-corrected chi connectivity index (χ1v) is 6.36. The molecule has 0 N–H and O–H groups in total. The summed E-state index contributed by atoms with van der Waals surface area (Å²) in [6, 6.07) is 0. The Bertz CT molecular complexity index is 195. The van der Waals surface area contributed by atoms with E-state index in [-0.39, 0.29) is 0 Å². The summed E-state index contributed by atoms with van der Waals surface area (Å²) in [7, 11) is 0. The van der Waals surface area contributed by atoms with Gasteiger partial charge in [-0.15, -0.1) is 0 Å². The summed E-state index contributed by atoms with van der Waals surface area (Å²) < 4.78 is 2.29. The van der Waals surface area contributed by atoms with Crippen molar-refractivity contribution in [1.82, 2.24) is 7.77 Å². The van der Waals surface area contributed by atoms with Crippen molar-refractivity contribution in [1.29, 1.82) is 0 Å². The first-order chi connectivity index (χ1) is 4.84. The number of nitrogens with zero attached hydrogens (tertiary/aromatic N) is 2. The summed E-state index contributed by atoms with van der Waals surface area (Å²) in [6.07, 6.45) is 7.69. The Morgan fingerprint density at radius 2 is 2.50 bits per heavy atom. The predicted molar refractivity (Wildman–Crippen MR) is 46.2 cm³/mol. The van der Waals surface area contributed by atoms with E-state index in [9.17, 15) is 0 Å². The second-order valence-electron chi connectivity index (χ2n) is 2.56. The van der Waals surface area contributed by atoms with E-state index in [1.165, 1.54) is 18.7 Å². The molecule has 0 aliphatic heterocycles. The third-order valence-electron chi connectivity index (χ3n) is 1.67. The van der Waals surface area contributed by atoms with E-state index in [1.54, 1.807) is 0 Å². The van der Waals surface area contributed by atoms with Crippen LogP contribution in [-0.2, 0) is 6.42 Å². The minimum atomic E-state index is 0.571. The van der Waals surface area contributed by atoms with Crippen molar-refractivity contribution in [2.75, 3.05) is 0 Å². The van der Waals surface area contributed by atoms with Crippen LogP contribution in [0.4, 0.5) is 0 Å². The first-order valence-electron chi connectivity index (χ1n) is 3.80. The van der Waals surface area contributed by atoms with E-state index in [2.05, 4.69) is 20.9 Å². The van der Waals surface area contributed by atoms with Crippen LogP contribution in [0.25, 0.3) is 0 Å². The van der Waals surface area contributed by atoms with Crippen LogP contribution in [0, 0.1) is 0 Å². The van der Waals surface area contributed by atoms with Crippen molar-refractivity contribution >= 4 is 22.8 Å². The van der Waals surface area contributed by atoms with Crippen LogP contribution in [0.2, 0.25) is 0 Å². The molecule has 0 amide bonds. The monoisotopic (exact) mass is 246 g/mol. The second-order valence-corrected chi connectivity index (χ2v) is 5.31. The number of imidazole rings is 1. The fourth-order valence-electron chi connectivity index (χ4n) is 0.972. The van der Waals surface area contributed by atoms with E-state index in [1.807, 2.05) is 6.20 Å². The van der Waals surface area contributed by atoms with Crippen molar-refractivity contribution in [3.05, 3.63) is 18.2 Å². The minimum absolute atomic E-state index is 0.571. The molecule has 0 unspecified atom stereocenters. The summed E-state index contributed by atoms with van der Waals surface area (Å²) in [5, 5.41) is 0. The van der Waals surface area contributed by atoms with Gasteiger partial charge in [0.2, 0.25) is 0 Å². The number of hydrogen-bond acceptors (Lipinski definition) is 1. The Morgan fingerprint density at radius 3 is 3.00 bits per heavy atom. The van der Waals surface area contributed by atoms with Crippen LogP contribution in [0.15, 0.2) is 12.4 Å². The maximum atomic E-state index is 4.27. The zero-order chi connectivity index (χ0) is 7.40. The zero-order valence-electron chi connectivity index (χ0n) is 6.67. The zero-order valence-corrected chi connectivity index (χ0v) is 12.4. The Labute approximate surface area is 75.1 Å². The van der Waals surface area contributed by atoms with Gasteiger partial charge in [-0.25, -0.2) is 0 Å². The van der Waals surface area contributed by atoms with Gasteiger partial charge in [0, 0.05) is 0 Å². The van der Waals surface area contributed by atoms with Crippen LogP contribution in [0.5, 0.6) is 0 Å². The van der Waals surface area contributed by atoms with Gasteiger partial charge in [0.1, 0.15) is 0 Å². The van der Waals surface area contributed by atoms with Gasteiger partial charge in [0.15, 0.2) is 0 Å². The molecule has 0 atom stereocenters. The third-order valence-corrected chi connectivity index (χ3v) is 4.00. The van der Waals surface area contributed by atoms with Gasteiger partial charge in [-0.3, -0.25) is 0 Å². The Hall–Kier alpha value is 0.00870. The van der Waals surface area contributed by atoms with Crippen molar-refractivity contribution in [3.63, 3.8) is 0 Å².